The zero-order valence-corrected chi connectivity index (χ0v) is 10.5. The van der Waals surface area contributed by atoms with Gasteiger partial charge in [-0.2, -0.15) is 0 Å². The maximum atomic E-state index is 12.7. The molecule has 0 aliphatic rings. The molecule has 2 rings (SSSR count). The highest BCUT2D eigenvalue weighted by atomic mass is 19.1. The van der Waals surface area contributed by atoms with Crippen LogP contribution in [0.4, 0.5) is 10.1 Å². The van der Waals surface area contributed by atoms with Gasteiger partial charge in [0.05, 0.1) is 18.8 Å². The van der Waals surface area contributed by atoms with E-state index in [1.165, 1.54) is 24.3 Å². The van der Waals surface area contributed by atoms with E-state index in [9.17, 15) is 9.18 Å². The summed E-state index contributed by atoms with van der Waals surface area (Å²) in [7, 11) is 0. The molecular weight excluding hydrogens is 247 g/mol. The number of benzene rings is 1. The summed E-state index contributed by atoms with van der Waals surface area (Å²) in [6.07, 6.45) is 1.59. The summed E-state index contributed by atoms with van der Waals surface area (Å²) in [5.74, 6) is 0.252. The van der Waals surface area contributed by atoms with Crippen LogP contribution in [0.3, 0.4) is 0 Å². The predicted molar refractivity (Wildman–Crippen MR) is 70.2 cm³/mol. The molecule has 1 atom stereocenters. The van der Waals surface area contributed by atoms with Gasteiger partial charge in [0.15, 0.2) is 0 Å². The van der Waals surface area contributed by atoms with E-state index < -0.39 is 0 Å². The van der Waals surface area contributed by atoms with Crippen LogP contribution in [0, 0.1) is 5.82 Å². The Bertz CT molecular complexity index is 523. The Morgan fingerprint density at radius 1 is 1.32 bits per heavy atom. The third-order valence-corrected chi connectivity index (χ3v) is 2.67. The Balaban J connectivity index is 1.80. The molecule has 0 aliphatic heterocycles. The number of carbonyl (C=O) groups excluding carboxylic acids is 1. The van der Waals surface area contributed by atoms with Crippen LogP contribution < -0.4 is 10.6 Å². The summed E-state index contributed by atoms with van der Waals surface area (Å²) in [5.41, 5.74) is 0.568. The SMILES string of the molecule is CC(NCC(=O)Nc1ccc(F)cc1)c1ccco1. The lowest BCUT2D eigenvalue weighted by Gasteiger charge is -2.11. The lowest BCUT2D eigenvalue weighted by Crippen LogP contribution is -2.29. The van der Waals surface area contributed by atoms with Gasteiger partial charge in [-0.3, -0.25) is 10.1 Å². The van der Waals surface area contributed by atoms with Crippen molar-refractivity contribution in [2.24, 2.45) is 0 Å². The second kappa shape index (κ2) is 6.15. The highest BCUT2D eigenvalue weighted by Gasteiger charge is 2.09. The maximum Gasteiger partial charge on any atom is 0.238 e. The maximum absolute atomic E-state index is 12.7. The normalized spacial score (nSPS) is 12.1. The van der Waals surface area contributed by atoms with Gasteiger partial charge in [-0.1, -0.05) is 0 Å². The molecule has 0 bridgehead atoms. The van der Waals surface area contributed by atoms with Crippen molar-refractivity contribution in [3.63, 3.8) is 0 Å². The molecule has 1 aromatic carbocycles. The van der Waals surface area contributed by atoms with Crippen LogP contribution in [-0.4, -0.2) is 12.5 Å². The summed E-state index contributed by atoms with van der Waals surface area (Å²) < 4.78 is 17.9. The Kier molecular flexibility index (Phi) is 4.30. The number of hydrogen-bond acceptors (Lipinski definition) is 3. The zero-order chi connectivity index (χ0) is 13.7. The molecule has 0 saturated carbocycles. The molecule has 0 fully saturated rings. The highest BCUT2D eigenvalue weighted by Crippen LogP contribution is 2.12. The summed E-state index contributed by atoms with van der Waals surface area (Å²) in [6.45, 7) is 2.06. The lowest BCUT2D eigenvalue weighted by molar-refractivity contribution is -0.115. The van der Waals surface area contributed by atoms with E-state index in [2.05, 4.69) is 10.6 Å². The molecule has 0 spiro atoms. The molecule has 5 heteroatoms. The molecule has 1 unspecified atom stereocenters. The quantitative estimate of drug-likeness (QED) is 0.871. The van der Waals surface area contributed by atoms with Gasteiger partial charge in [-0.15, -0.1) is 0 Å². The lowest BCUT2D eigenvalue weighted by atomic mass is 10.2. The topological polar surface area (TPSA) is 54.3 Å². The summed E-state index contributed by atoms with van der Waals surface area (Å²) in [6, 6.07) is 9.23. The minimum Gasteiger partial charge on any atom is -0.468 e. The summed E-state index contributed by atoms with van der Waals surface area (Å²) in [4.78, 5) is 11.7. The molecular formula is C14H15FN2O2. The van der Waals surface area contributed by atoms with Gasteiger partial charge in [0.25, 0.3) is 0 Å². The number of amides is 1. The predicted octanol–water partition coefficient (Wildman–Crippen LogP) is 2.71. The fourth-order valence-electron chi connectivity index (χ4n) is 1.62. The third kappa shape index (κ3) is 3.93. The first-order valence-electron chi connectivity index (χ1n) is 5.97. The molecule has 4 nitrogen and oxygen atoms in total. The van der Waals surface area contributed by atoms with Crippen LogP contribution >= 0.6 is 0 Å². The van der Waals surface area contributed by atoms with E-state index in [0.29, 0.717) is 5.69 Å². The van der Waals surface area contributed by atoms with Crippen molar-refractivity contribution >= 4 is 11.6 Å². The minimum atomic E-state index is -0.331. The van der Waals surface area contributed by atoms with Crippen molar-refractivity contribution < 1.29 is 13.6 Å². The first-order valence-corrected chi connectivity index (χ1v) is 5.97. The van der Waals surface area contributed by atoms with Crippen molar-refractivity contribution in [3.8, 4) is 0 Å². The van der Waals surface area contributed by atoms with E-state index in [0.717, 1.165) is 5.76 Å². The summed E-state index contributed by atoms with van der Waals surface area (Å²) in [5, 5.41) is 5.71. The summed E-state index contributed by atoms with van der Waals surface area (Å²) >= 11 is 0. The van der Waals surface area contributed by atoms with Gasteiger partial charge in [-0.25, -0.2) is 4.39 Å². The fourth-order valence-corrected chi connectivity index (χ4v) is 1.62. The van der Waals surface area contributed by atoms with E-state index in [1.54, 1.807) is 12.3 Å². The van der Waals surface area contributed by atoms with Crippen molar-refractivity contribution in [1.82, 2.24) is 5.32 Å². The molecule has 1 aromatic heterocycles. The number of carbonyl (C=O) groups is 1. The van der Waals surface area contributed by atoms with Gasteiger partial charge in [0, 0.05) is 5.69 Å². The Morgan fingerprint density at radius 2 is 2.05 bits per heavy atom. The first kappa shape index (κ1) is 13.3. The molecule has 0 saturated heterocycles. The molecule has 100 valence electrons. The molecule has 1 heterocycles. The number of furan rings is 1. The number of anilines is 1. The van der Waals surface area contributed by atoms with E-state index in [-0.39, 0.29) is 24.3 Å². The average Bonchev–Trinajstić information content (AvgIpc) is 2.93. The van der Waals surface area contributed by atoms with Crippen LogP contribution in [0.25, 0.3) is 0 Å². The second-order valence-electron chi connectivity index (χ2n) is 4.17. The Labute approximate surface area is 110 Å². The van der Waals surface area contributed by atoms with Crippen LogP contribution in [0.15, 0.2) is 47.1 Å². The number of nitrogens with one attached hydrogen (secondary N) is 2. The monoisotopic (exact) mass is 262 g/mol. The van der Waals surface area contributed by atoms with Gasteiger partial charge in [-0.05, 0) is 43.3 Å². The van der Waals surface area contributed by atoms with E-state index in [4.69, 9.17) is 4.42 Å². The Morgan fingerprint density at radius 3 is 2.68 bits per heavy atom. The van der Waals surface area contributed by atoms with Gasteiger partial charge < -0.3 is 9.73 Å². The standard InChI is InChI=1S/C14H15FN2O2/c1-10(13-3-2-8-19-13)16-9-14(18)17-12-6-4-11(15)5-7-12/h2-8,10,16H,9H2,1H3,(H,17,18). The molecule has 1 amide bonds. The molecule has 0 aliphatic carbocycles. The minimum absolute atomic E-state index is 0.0473. The Hall–Kier alpha value is -2.14. The van der Waals surface area contributed by atoms with Crippen molar-refractivity contribution in [2.45, 2.75) is 13.0 Å². The van der Waals surface area contributed by atoms with Crippen molar-refractivity contribution in [3.05, 3.63) is 54.2 Å². The zero-order valence-electron chi connectivity index (χ0n) is 10.5. The highest BCUT2D eigenvalue weighted by molar-refractivity contribution is 5.92. The molecule has 19 heavy (non-hydrogen) atoms. The average molecular weight is 262 g/mol. The number of halogens is 1. The van der Waals surface area contributed by atoms with E-state index >= 15 is 0 Å². The third-order valence-electron chi connectivity index (χ3n) is 2.67. The molecule has 2 N–H and O–H groups in total. The van der Waals surface area contributed by atoms with Gasteiger partial charge in [0.1, 0.15) is 11.6 Å². The van der Waals surface area contributed by atoms with Crippen molar-refractivity contribution in [2.75, 3.05) is 11.9 Å². The second-order valence-corrected chi connectivity index (χ2v) is 4.17. The number of hydrogen-bond donors (Lipinski definition) is 2. The van der Waals surface area contributed by atoms with Crippen LogP contribution in [0.1, 0.15) is 18.7 Å². The van der Waals surface area contributed by atoms with Crippen LogP contribution in [0.2, 0.25) is 0 Å². The largest absolute Gasteiger partial charge is 0.468 e. The fraction of sp³-hybridized carbons (Fsp3) is 0.214. The first-order chi connectivity index (χ1) is 9.15. The van der Waals surface area contributed by atoms with Crippen LogP contribution in [-0.2, 0) is 4.79 Å². The van der Waals surface area contributed by atoms with Crippen molar-refractivity contribution in [1.29, 1.82) is 0 Å². The molecule has 0 radical (unpaired) electrons. The molecule has 2 aromatic rings. The van der Waals surface area contributed by atoms with Gasteiger partial charge >= 0.3 is 0 Å². The van der Waals surface area contributed by atoms with E-state index in [1.807, 2.05) is 13.0 Å². The van der Waals surface area contributed by atoms with Gasteiger partial charge in [0.2, 0.25) is 5.91 Å². The number of rotatable bonds is 5. The smallest absolute Gasteiger partial charge is 0.238 e. The van der Waals surface area contributed by atoms with Crippen LogP contribution in [0.5, 0.6) is 0 Å².